The maximum Gasteiger partial charge on any atom is 0.0432 e. The third-order valence-electron chi connectivity index (χ3n) is 3.58. The van der Waals surface area contributed by atoms with Crippen LogP contribution in [0.15, 0.2) is 42.5 Å². The topological polar surface area (TPSA) is 29.3 Å². The fourth-order valence-corrected chi connectivity index (χ4v) is 2.33. The van der Waals surface area contributed by atoms with E-state index in [9.17, 15) is 0 Å². The molecule has 0 bridgehead atoms. The molecule has 0 fully saturated rings. The van der Waals surface area contributed by atoms with Gasteiger partial charge >= 0.3 is 0 Å². The van der Waals surface area contributed by atoms with E-state index in [0.29, 0.717) is 0 Å². The number of hydrogen-bond donors (Lipinski definition) is 1. The van der Waals surface area contributed by atoms with E-state index in [1.807, 2.05) is 6.07 Å². The van der Waals surface area contributed by atoms with Gasteiger partial charge in [0.25, 0.3) is 0 Å². The molecule has 0 spiro atoms. The van der Waals surface area contributed by atoms with Crippen molar-refractivity contribution in [2.75, 3.05) is 17.2 Å². The van der Waals surface area contributed by atoms with Gasteiger partial charge in [-0.25, -0.2) is 0 Å². The first-order valence-electron chi connectivity index (χ1n) is 6.77. The smallest absolute Gasteiger partial charge is 0.0432 e. The van der Waals surface area contributed by atoms with Gasteiger partial charge in [-0.3, -0.25) is 0 Å². The van der Waals surface area contributed by atoms with Gasteiger partial charge in [0, 0.05) is 24.5 Å². The molecule has 2 aromatic rings. The summed E-state index contributed by atoms with van der Waals surface area (Å²) in [6.45, 7) is 8.37. The van der Waals surface area contributed by atoms with Crippen LogP contribution in [0.5, 0.6) is 0 Å². The van der Waals surface area contributed by atoms with Crippen LogP contribution in [0.3, 0.4) is 0 Å². The van der Waals surface area contributed by atoms with Crippen molar-refractivity contribution in [2.45, 2.75) is 27.3 Å². The lowest BCUT2D eigenvalue weighted by Crippen LogP contribution is -2.23. The molecule has 0 saturated carbocycles. The largest absolute Gasteiger partial charge is 0.399 e. The Morgan fingerprint density at radius 3 is 2.42 bits per heavy atom. The van der Waals surface area contributed by atoms with E-state index in [1.54, 1.807) is 0 Å². The molecule has 2 rings (SSSR count). The molecule has 0 saturated heterocycles. The Morgan fingerprint density at radius 1 is 1.00 bits per heavy atom. The molecule has 2 nitrogen and oxygen atoms in total. The van der Waals surface area contributed by atoms with Crippen LogP contribution in [0, 0.1) is 13.8 Å². The third kappa shape index (κ3) is 3.08. The number of benzene rings is 2. The Kier molecular flexibility index (Phi) is 4.10. The van der Waals surface area contributed by atoms with Crippen molar-refractivity contribution in [1.82, 2.24) is 0 Å². The highest BCUT2D eigenvalue weighted by Crippen LogP contribution is 2.25. The summed E-state index contributed by atoms with van der Waals surface area (Å²) in [6.07, 6.45) is 0. The predicted molar refractivity (Wildman–Crippen MR) is 83.5 cm³/mol. The highest BCUT2D eigenvalue weighted by atomic mass is 15.1. The molecule has 0 aromatic heterocycles. The fraction of sp³-hybridized carbons (Fsp3) is 0.294. The third-order valence-corrected chi connectivity index (χ3v) is 3.58. The first-order chi connectivity index (χ1) is 9.11. The number of nitrogens with two attached hydrogens (primary N) is 1. The van der Waals surface area contributed by atoms with Gasteiger partial charge in [0.15, 0.2) is 0 Å². The first kappa shape index (κ1) is 13.5. The van der Waals surface area contributed by atoms with Crippen LogP contribution in [-0.2, 0) is 6.54 Å². The summed E-state index contributed by atoms with van der Waals surface area (Å²) in [6, 6.07) is 14.7. The zero-order valence-electron chi connectivity index (χ0n) is 12.0. The van der Waals surface area contributed by atoms with Crippen LogP contribution in [0.25, 0.3) is 0 Å². The number of nitrogen functional groups attached to an aromatic ring is 1. The molecule has 2 aromatic carbocycles. The normalized spacial score (nSPS) is 10.5. The second-order valence-electron chi connectivity index (χ2n) is 4.99. The highest BCUT2D eigenvalue weighted by molar-refractivity contribution is 5.61. The van der Waals surface area contributed by atoms with Crippen molar-refractivity contribution >= 4 is 11.4 Å². The summed E-state index contributed by atoms with van der Waals surface area (Å²) < 4.78 is 0. The molecule has 0 heterocycles. The van der Waals surface area contributed by atoms with Crippen LogP contribution in [-0.4, -0.2) is 6.54 Å². The van der Waals surface area contributed by atoms with Crippen LogP contribution in [0.4, 0.5) is 11.4 Å². The molecule has 0 radical (unpaired) electrons. The molecular formula is C17H22N2. The van der Waals surface area contributed by atoms with Crippen LogP contribution < -0.4 is 10.6 Å². The zero-order chi connectivity index (χ0) is 13.8. The van der Waals surface area contributed by atoms with Gasteiger partial charge in [-0.1, -0.05) is 30.3 Å². The maximum atomic E-state index is 5.92. The molecule has 0 unspecified atom stereocenters. The minimum absolute atomic E-state index is 0.823. The summed E-state index contributed by atoms with van der Waals surface area (Å²) >= 11 is 0. The van der Waals surface area contributed by atoms with Crippen molar-refractivity contribution in [3.05, 3.63) is 59.2 Å². The van der Waals surface area contributed by atoms with Gasteiger partial charge in [0.1, 0.15) is 0 Å². The summed E-state index contributed by atoms with van der Waals surface area (Å²) in [7, 11) is 0. The van der Waals surface area contributed by atoms with Crippen LogP contribution in [0.1, 0.15) is 23.6 Å². The molecule has 100 valence electrons. The Bertz CT molecular complexity index is 561. The van der Waals surface area contributed by atoms with E-state index in [2.05, 4.69) is 62.1 Å². The fourth-order valence-electron chi connectivity index (χ4n) is 2.33. The van der Waals surface area contributed by atoms with Crippen LogP contribution in [0.2, 0.25) is 0 Å². The van der Waals surface area contributed by atoms with E-state index >= 15 is 0 Å². The Labute approximate surface area is 115 Å². The van der Waals surface area contributed by atoms with E-state index in [4.69, 9.17) is 5.73 Å². The van der Waals surface area contributed by atoms with Gasteiger partial charge in [0.2, 0.25) is 0 Å². The molecule has 0 aliphatic heterocycles. The number of aryl methyl sites for hydroxylation is 2. The van der Waals surface area contributed by atoms with E-state index in [-0.39, 0.29) is 0 Å². The summed E-state index contributed by atoms with van der Waals surface area (Å²) in [5.41, 5.74) is 11.9. The van der Waals surface area contributed by atoms with Gasteiger partial charge in [0.05, 0.1) is 0 Å². The summed E-state index contributed by atoms with van der Waals surface area (Å²) in [4.78, 5) is 2.37. The second kappa shape index (κ2) is 5.79. The second-order valence-corrected chi connectivity index (χ2v) is 4.99. The Morgan fingerprint density at radius 2 is 1.74 bits per heavy atom. The average Bonchev–Trinajstić information content (AvgIpc) is 2.41. The first-order valence-corrected chi connectivity index (χ1v) is 6.77. The van der Waals surface area contributed by atoms with Crippen molar-refractivity contribution < 1.29 is 0 Å². The Balaban J connectivity index is 2.30. The molecule has 2 N–H and O–H groups in total. The highest BCUT2D eigenvalue weighted by Gasteiger charge is 2.09. The summed E-state index contributed by atoms with van der Waals surface area (Å²) in [5, 5.41) is 0. The molecule has 0 atom stereocenters. The lowest BCUT2D eigenvalue weighted by Gasteiger charge is -2.26. The molecule has 2 heteroatoms. The Hall–Kier alpha value is -1.96. The van der Waals surface area contributed by atoms with E-state index in [0.717, 1.165) is 18.8 Å². The van der Waals surface area contributed by atoms with Crippen LogP contribution >= 0.6 is 0 Å². The molecule has 0 aliphatic carbocycles. The molecule has 0 aliphatic rings. The van der Waals surface area contributed by atoms with Gasteiger partial charge in [-0.2, -0.15) is 0 Å². The SMILES string of the molecule is CCN(Cc1ccccc1C)c1cc(N)ccc1C. The monoisotopic (exact) mass is 254 g/mol. The number of hydrogen-bond acceptors (Lipinski definition) is 2. The minimum atomic E-state index is 0.823. The van der Waals surface area contributed by atoms with Gasteiger partial charge in [-0.05, 0) is 49.6 Å². The molecule has 19 heavy (non-hydrogen) atoms. The lowest BCUT2D eigenvalue weighted by molar-refractivity contribution is 0.823. The van der Waals surface area contributed by atoms with Crippen molar-refractivity contribution in [3.63, 3.8) is 0 Å². The van der Waals surface area contributed by atoms with Crippen molar-refractivity contribution in [1.29, 1.82) is 0 Å². The minimum Gasteiger partial charge on any atom is -0.399 e. The number of rotatable bonds is 4. The number of nitrogens with zero attached hydrogens (tertiary/aromatic N) is 1. The summed E-state index contributed by atoms with van der Waals surface area (Å²) in [5.74, 6) is 0. The number of anilines is 2. The predicted octanol–water partition coefficient (Wildman–Crippen LogP) is 3.91. The lowest BCUT2D eigenvalue weighted by atomic mass is 10.1. The van der Waals surface area contributed by atoms with E-state index < -0.39 is 0 Å². The van der Waals surface area contributed by atoms with Crippen molar-refractivity contribution in [3.8, 4) is 0 Å². The molecular weight excluding hydrogens is 232 g/mol. The standard InChI is InChI=1S/C17H22N2/c1-4-19(12-15-8-6-5-7-13(15)2)17-11-16(18)10-9-14(17)3/h5-11H,4,12,18H2,1-3H3. The zero-order valence-corrected chi connectivity index (χ0v) is 12.0. The van der Waals surface area contributed by atoms with Gasteiger partial charge in [-0.15, -0.1) is 0 Å². The van der Waals surface area contributed by atoms with E-state index in [1.165, 1.54) is 22.4 Å². The maximum absolute atomic E-state index is 5.92. The molecule has 0 amide bonds. The average molecular weight is 254 g/mol. The van der Waals surface area contributed by atoms with Gasteiger partial charge < -0.3 is 10.6 Å². The quantitative estimate of drug-likeness (QED) is 0.838. The van der Waals surface area contributed by atoms with Crippen molar-refractivity contribution in [2.24, 2.45) is 0 Å².